The van der Waals surface area contributed by atoms with E-state index in [2.05, 4.69) is 17.3 Å². The minimum absolute atomic E-state index is 0.0354. The van der Waals surface area contributed by atoms with Crippen molar-refractivity contribution in [3.63, 3.8) is 0 Å². The van der Waals surface area contributed by atoms with Crippen LogP contribution in [0.3, 0.4) is 0 Å². The van der Waals surface area contributed by atoms with Gasteiger partial charge in [0, 0.05) is 24.8 Å². The average molecular weight is 359 g/mol. The number of carbonyl (C=O) groups excluding carboxylic acids is 1. The minimum Gasteiger partial charge on any atom is -0.486 e. The van der Waals surface area contributed by atoms with Gasteiger partial charge in [-0.2, -0.15) is 5.10 Å². The van der Waals surface area contributed by atoms with Crippen LogP contribution in [0.15, 0.2) is 24.3 Å². The normalized spacial score (nSPS) is 14.0. The van der Waals surface area contributed by atoms with Gasteiger partial charge in [-0.1, -0.05) is 6.92 Å². The smallest absolute Gasteiger partial charge is 0.257 e. The lowest BCUT2D eigenvalue weighted by Gasteiger charge is -2.19. The number of benzene rings is 1. The molecule has 1 N–H and O–H groups in total. The molecule has 0 saturated carbocycles. The topological polar surface area (TPSA) is 74.6 Å². The first kappa shape index (κ1) is 18.1. The lowest BCUT2D eigenvalue weighted by atomic mass is 10.2. The fourth-order valence-electron chi connectivity index (χ4n) is 2.82. The molecule has 26 heavy (non-hydrogen) atoms. The summed E-state index contributed by atoms with van der Waals surface area (Å²) in [6.07, 6.45) is 0. The van der Waals surface area contributed by atoms with Gasteiger partial charge in [-0.05, 0) is 38.0 Å². The third-order valence-electron chi connectivity index (χ3n) is 4.12. The molecular weight excluding hydrogens is 334 g/mol. The molecule has 0 spiro atoms. The van der Waals surface area contributed by atoms with E-state index < -0.39 is 0 Å². The van der Waals surface area contributed by atoms with Crippen molar-refractivity contribution in [2.45, 2.75) is 27.3 Å². The number of rotatable bonds is 7. The first-order valence-corrected chi connectivity index (χ1v) is 8.81. The van der Waals surface area contributed by atoms with Crippen LogP contribution < -0.4 is 19.5 Å². The van der Waals surface area contributed by atoms with Crippen molar-refractivity contribution < 1.29 is 19.0 Å². The van der Waals surface area contributed by atoms with Gasteiger partial charge < -0.3 is 19.5 Å². The van der Waals surface area contributed by atoms with E-state index in [1.54, 1.807) is 18.2 Å². The van der Waals surface area contributed by atoms with Gasteiger partial charge >= 0.3 is 0 Å². The molecule has 1 aliphatic rings. The molecule has 140 valence electrons. The maximum absolute atomic E-state index is 12.0. The van der Waals surface area contributed by atoms with E-state index in [-0.39, 0.29) is 18.4 Å². The Bertz CT molecular complexity index is 772. The molecule has 7 nitrogen and oxygen atoms in total. The van der Waals surface area contributed by atoms with Crippen molar-refractivity contribution in [3.05, 3.63) is 35.7 Å². The van der Waals surface area contributed by atoms with Crippen LogP contribution in [0.1, 0.15) is 18.3 Å². The molecule has 2 aromatic rings. The first-order valence-electron chi connectivity index (χ1n) is 8.81. The van der Waals surface area contributed by atoms with Gasteiger partial charge in [-0.3, -0.25) is 9.48 Å². The van der Waals surface area contributed by atoms with Crippen LogP contribution in [-0.4, -0.2) is 42.1 Å². The first-order chi connectivity index (χ1) is 12.5. The summed E-state index contributed by atoms with van der Waals surface area (Å²) in [5.74, 6) is 2.05. The van der Waals surface area contributed by atoms with Crippen molar-refractivity contribution in [1.82, 2.24) is 15.1 Å². The fourth-order valence-corrected chi connectivity index (χ4v) is 2.82. The average Bonchev–Trinajstić information content (AvgIpc) is 2.95. The molecule has 1 unspecified atom stereocenters. The van der Waals surface area contributed by atoms with E-state index in [0.717, 1.165) is 17.9 Å². The van der Waals surface area contributed by atoms with Crippen molar-refractivity contribution in [1.29, 1.82) is 0 Å². The quantitative estimate of drug-likeness (QED) is 0.819. The SMILES string of the molecule is Cc1cc(C)n(CC(C)CNC(=O)COc2ccc3c(c2)OCCO3)n1. The molecule has 0 fully saturated rings. The van der Waals surface area contributed by atoms with Crippen molar-refractivity contribution in [3.8, 4) is 17.2 Å². The summed E-state index contributed by atoms with van der Waals surface area (Å²) >= 11 is 0. The highest BCUT2D eigenvalue weighted by atomic mass is 16.6. The lowest BCUT2D eigenvalue weighted by molar-refractivity contribution is -0.123. The monoisotopic (exact) mass is 359 g/mol. The summed E-state index contributed by atoms with van der Waals surface area (Å²) in [4.78, 5) is 12.0. The number of ether oxygens (including phenoxy) is 3. The lowest BCUT2D eigenvalue weighted by Crippen LogP contribution is -2.33. The summed E-state index contributed by atoms with van der Waals surface area (Å²) in [6.45, 7) is 8.46. The molecule has 1 aromatic heterocycles. The van der Waals surface area contributed by atoms with Gasteiger partial charge in [-0.15, -0.1) is 0 Å². The summed E-state index contributed by atoms with van der Waals surface area (Å²) in [5, 5.41) is 7.35. The Morgan fingerprint density at radius 2 is 2.04 bits per heavy atom. The van der Waals surface area contributed by atoms with Crippen LogP contribution in [0.4, 0.5) is 0 Å². The molecule has 3 rings (SSSR count). The van der Waals surface area contributed by atoms with E-state index in [1.807, 2.05) is 24.6 Å². The Kier molecular flexibility index (Phi) is 5.65. The zero-order chi connectivity index (χ0) is 18.5. The second kappa shape index (κ2) is 8.12. The van der Waals surface area contributed by atoms with E-state index >= 15 is 0 Å². The summed E-state index contributed by atoms with van der Waals surface area (Å²) in [5.41, 5.74) is 2.13. The highest BCUT2D eigenvalue weighted by Crippen LogP contribution is 2.33. The molecular formula is C19H25N3O4. The van der Waals surface area contributed by atoms with E-state index in [1.165, 1.54) is 0 Å². The van der Waals surface area contributed by atoms with Gasteiger partial charge in [0.1, 0.15) is 19.0 Å². The number of fused-ring (bicyclic) bond motifs is 1. The Morgan fingerprint density at radius 3 is 2.77 bits per heavy atom. The Balaban J connectivity index is 1.42. The highest BCUT2D eigenvalue weighted by molar-refractivity contribution is 5.77. The van der Waals surface area contributed by atoms with Crippen molar-refractivity contribution >= 4 is 5.91 Å². The molecule has 0 radical (unpaired) electrons. The number of hydrogen-bond acceptors (Lipinski definition) is 5. The van der Waals surface area contributed by atoms with E-state index in [4.69, 9.17) is 14.2 Å². The molecule has 0 saturated heterocycles. The summed E-state index contributed by atoms with van der Waals surface area (Å²) < 4.78 is 18.5. The number of carbonyl (C=O) groups is 1. The zero-order valence-corrected chi connectivity index (χ0v) is 15.4. The van der Waals surface area contributed by atoms with Gasteiger partial charge in [0.05, 0.1) is 5.69 Å². The van der Waals surface area contributed by atoms with Crippen molar-refractivity contribution in [2.75, 3.05) is 26.4 Å². The predicted octanol–water partition coefficient (Wildman–Crippen LogP) is 2.10. The number of hydrogen-bond donors (Lipinski definition) is 1. The number of nitrogens with zero attached hydrogens (tertiary/aromatic N) is 2. The van der Waals surface area contributed by atoms with Gasteiger partial charge in [-0.25, -0.2) is 0 Å². The van der Waals surface area contributed by atoms with E-state index in [9.17, 15) is 4.79 Å². The molecule has 1 aliphatic heterocycles. The summed E-state index contributed by atoms with van der Waals surface area (Å²) in [6, 6.07) is 7.35. The van der Waals surface area contributed by atoms with E-state index in [0.29, 0.717) is 37.0 Å². The maximum atomic E-state index is 12.0. The molecule has 1 aromatic carbocycles. The predicted molar refractivity (Wildman–Crippen MR) is 96.8 cm³/mol. The molecule has 1 amide bonds. The third kappa shape index (κ3) is 4.68. The standard InChI is InChI=1S/C19H25N3O4/c1-13(11-22-15(3)8-14(2)21-22)10-20-19(23)12-26-16-4-5-17-18(9-16)25-7-6-24-17/h4-5,8-9,13H,6-7,10-12H2,1-3H3,(H,20,23). The second-order valence-electron chi connectivity index (χ2n) is 6.61. The Hall–Kier alpha value is -2.70. The Morgan fingerprint density at radius 1 is 1.27 bits per heavy atom. The summed E-state index contributed by atoms with van der Waals surface area (Å²) in [7, 11) is 0. The van der Waals surface area contributed by atoms with Gasteiger partial charge in [0.2, 0.25) is 0 Å². The number of nitrogens with one attached hydrogen (secondary N) is 1. The van der Waals surface area contributed by atoms with Crippen LogP contribution >= 0.6 is 0 Å². The maximum Gasteiger partial charge on any atom is 0.257 e. The molecule has 1 atom stereocenters. The molecule has 0 aliphatic carbocycles. The van der Waals surface area contributed by atoms with Crippen LogP contribution in [-0.2, 0) is 11.3 Å². The van der Waals surface area contributed by atoms with Crippen molar-refractivity contribution in [2.24, 2.45) is 5.92 Å². The fraction of sp³-hybridized carbons (Fsp3) is 0.474. The molecule has 7 heteroatoms. The zero-order valence-electron chi connectivity index (χ0n) is 15.4. The van der Waals surface area contributed by atoms with Gasteiger partial charge in [0.25, 0.3) is 5.91 Å². The second-order valence-corrected chi connectivity index (χ2v) is 6.61. The number of aromatic nitrogens is 2. The third-order valence-corrected chi connectivity index (χ3v) is 4.12. The van der Waals surface area contributed by atoms with Crippen LogP contribution in [0, 0.1) is 19.8 Å². The molecule has 2 heterocycles. The number of amides is 1. The Labute approximate surface area is 153 Å². The number of aryl methyl sites for hydroxylation is 2. The van der Waals surface area contributed by atoms with Crippen LogP contribution in [0.5, 0.6) is 17.2 Å². The van der Waals surface area contributed by atoms with Crippen LogP contribution in [0.25, 0.3) is 0 Å². The molecule has 0 bridgehead atoms. The highest BCUT2D eigenvalue weighted by Gasteiger charge is 2.13. The van der Waals surface area contributed by atoms with Crippen LogP contribution in [0.2, 0.25) is 0 Å². The van der Waals surface area contributed by atoms with Gasteiger partial charge in [0.15, 0.2) is 18.1 Å². The minimum atomic E-state index is -0.153. The largest absolute Gasteiger partial charge is 0.486 e.